The molecular weight excluding hydrogens is 294 g/mol. The average Bonchev–Trinajstić information content (AvgIpc) is 2.51. The number of β-amino-alcohol motifs (C(OH)–C–C–N with tert-alkyl or cyclic N) is 1. The molecule has 1 fully saturated rings. The first-order chi connectivity index (χ1) is 11.0. The van der Waals surface area contributed by atoms with E-state index in [2.05, 4.69) is 18.7 Å². The Morgan fingerprint density at radius 1 is 1.13 bits per heavy atom. The molecule has 23 heavy (non-hydrogen) atoms. The van der Waals surface area contributed by atoms with Crippen molar-refractivity contribution in [3.05, 3.63) is 18.2 Å². The smallest absolute Gasteiger partial charge is 0.203 e. The van der Waals surface area contributed by atoms with Crippen molar-refractivity contribution in [2.24, 2.45) is 11.8 Å². The first kappa shape index (κ1) is 17.9. The molecule has 5 nitrogen and oxygen atoms in total. The van der Waals surface area contributed by atoms with E-state index in [-0.39, 0.29) is 6.61 Å². The van der Waals surface area contributed by atoms with E-state index in [0.717, 1.165) is 13.1 Å². The third-order valence-corrected chi connectivity index (χ3v) is 4.22. The van der Waals surface area contributed by atoms with Crippen LogP contribution in [0.4, 0.5) is 0 Å². The van der Waals surface area contributed by atoms with Crippen molar-refractivity contribution in [2.45, 2.75) is 26.4 Å². The maximum atomic E-state index is 10.3. The highest BCUT2D eigenvalue weighted by Gasteiger charge is 2.24. The Labute approximate surface area is 139 Å². The lowest BCUT2D eigenvalue weighted by molar-refractivity contribution is 0.0416. The van der Waals surface area contributed by atoms with Gasteiger partial charge in [-0.15, -0.1) is 0 Å². The molecule has 130 valence electrons. The molecule has 1 aromatic rings. The number of piperidine rings is 1. The molecular formula is C18H29NO4. The summed E-state index contributed by atoms with van der Waals surface area (Å²) in [5.74, 6) is 3.12. The van der Waals surface area contributed by atoms with Crippen molar-refractivity contribution >= 4 is 0 Å². The lowest BCUT2D eigenvalue weighted by atomic mass is 9.92. The van der Waals surface area contributed by atoms with Gasteiger partial charge in [-0.25, -0.2) is 0 Å². The molecule has 0 aromatic heterocycles. The second-order valence-electron chi connectivity index (χ2n) is 6.62. The van der Waals surface area contributed by atoms with Crippen LogP contribution in [0.25, 0.3) is 0 Å². The topological polar surface area (TPSA) is 51.2 Å². The quantitative estimate of drug-likeness (QED) is 0.835. The van der Waals surface area contributed by atoms with E-state index in [9.17, 15) is 5.11 Å². The molecule has 0 amide bonds. The Morgan fingerprint density at radius 3 is 2.22 bits per heavy atom. The fraction of sp³-hybridized carbons (Fsp3) is 0.667. The van der Waals surface area contributed by atoms with E-state index in [4.69, 9.17) is 14.2 Å². The summed E-state index contributed by atoms with van der Waals surface area (Å²) in [5.41, 5.74) is 0. The highest BCUT2D eigenvalue weighted by molar-refractivity contribution is 5.51. The van der Waals surface area contributed by atoms with Gasteiger partial charge in [0.15, 0.2) is 11.5 Å². The number of nitrogens with zero attached hydrogens (tertiary/aromatic N) is 1. The first-order valence-electron chi connectivity index (χ1n) is 8.27. The fourth-order valence-electron chi connectivity index (χ4n) is 3.43. The Balaban J connectivity index is 1.90. The molecule has 0 bridgehead atoms. The van der Waals surface area contributed by atoms with Crippen LogP contribution in [0.3, 0.4) is 0 Å². The van der Waals surface area contributed by atoms with Gasteiger partial charge in [0.1, 0.15) is 12.7 Å². The van der Waals surface area contributed by atoms with Crippen molar-refractivity contribution in [3.63, 3.8) is 0 Å². The molecule has 0 radical (unpaired) electrons. The molecule has 1 aromatic carbocycles. The van der Waals surface area contributed by atoms with Crippen LogP contribution in [0.2, 0.25) is 0 Å². The maximum Gasteiger partial charge on any atom is 0.203 e. The summed E-state index contributed by atoms with van der Waals surface area (Å²) in [6, 6.07) is 5.48. The van der Waals surface area contributed by atoms with E-state index in [1.165, 1.54) is 6.42 Å². The summed E-state index contributed by atoms with van der Waals surface area (Å²) in [5, 5.41) is 10.3. The number of benzene rings is 1. The molecule has 2 rings (SSSR count). The third kappa shape index (κ3) is 5.01. The zero-order valence-corrected chi connectivity index (χ0v) is 14.6. The highest BCUT2D eigenvalue weighted by atomic mass is 16.5. The van der Waals surface area contributed by atoms with Crippen molar-refractivity contribution < 1.29 is 19.3 Å². The normalized spacial score (nSPS) is 23.3. The van der Waals surface area contributed by atoms with Gasteiger partial charge < -0.3 is 24.2 Å². The van der Waals surface area contributed by atoms with Crippen molar-refractivity contribution in [1.82, 2.24) is 4.90 Å². The van der Waals surface area contributed by atoms with Crippen LogP contribution >= 0.6 is 0 Å². The largest absolute Gasteiger partial charge is 0.493 e. The number of rotatable bonds is 7. The molecule has 0 aliphatic carbocycles. The second-order valence-corrected chi connectivity index (χ2v) is 6.62. The van der Waals surface area contributed by atoms with Crippen LogP contribution in [0.15, 0.2) is 18.2 Å². The van der Waals surface area contributed by atoms with Crippen molar-refractivity contribution in [3.8, 4) is 17.2 Å². The monoisotopic (exact) mass is 323 g/mol. The van der Waals surface area contributed by atoms with Gasteiger partial charge in [0.2, 0.25) is 5.75 Å². The second kappa shape index (κ2) is 8.41. The number of aliphatic hydroxyl groups is 1. The molecule has 1 N–H and O–H groups in total. The lowest BCUT2D eigenvalue weighted by Gasteiger charge is -2.35. The molecule has 1 heterocycles. The zero-order valence-electron chi connectivity index (χ0n) is 14.6. The van der Waals surface area contributed by atoms with Crippen molar-refractivity contribution in [2.75, 3.05) is 40.5 Å². The number of aliphatic hydroxyl groups excluding tert-OH is 1. The number of likely N-dealkylation sites (tertiary alicyclic amines) is 1. The summed E-state index contributed by atoms with van der Waals surface area (Å²) >= 11 is 0. The minimum atomic E-state index is -0.540. The molecule has 0 unspecified atom stereocenters. The highest BCUT2D eigenvalue weighted by Crippen LogP contribution is 2.36. The predicted molar refractivity (Wildman–Crippen MR) is 90.4 cm³/mol. The van der Waals surface area contributed by atoms with Gasteiger partial charge >= 0.3 is 0 Å². The maximum absolute atomic E-state index is 10.3. The minimum Gasteiger partial charge on any atom is -0.493 e. The molecule has 1 aliphatic rings. The van der Waals surface area contributed by atoms with Gasteiger partial charge in [0, 0.05) is 19.6 Å². The van der Waals surface area contributed by atoms with Gasteiger partial charge in [-0.3, -0.25) is 0 Å². The summed E-state index contributed by atoms with van der Waals surface area (Å²) in [4.78, 5) is 2.33. The summed E-state index contributed by atoms with van der Waals surface area (Å²) in [6.07, 6.45) is 0.726. The van der Waals surface area contributed by atoms with Gasteiger partial charge in [0.05, 0.1) is 14.2 Å². The molecule has 1 saturated heterocycles. The van der Waals surface area contributed by atoms with Crippen LogP contribution in [-0.2, 0) is 0 Å². The molecule has 1 aliphatic heterocycles. The molecule has 0 saturated carbocycles. The van der Waals surface area contributed by atoms with Gasteiger partial charge in [-0.05, 0) is 30.4 Å². The zero-order chi connectivity index (χ0) is 16.8. The SMILES string of the molecule is COc1cccc(OC)c1OC[C@@H](O)CN1C[C@@H](C)C[C@H](C)C1. The Morgan fingerprint density at radius 2 is 1.70 bits per heavy atom. The van der Waals surface area contributed by atoms with E-state index in [1.807, 2.05) is 18.2 Å². The van der Waals surface area contributed by atoms with Gasteiger partial charge in [0.25, 0.3) is 0 Å². The Bertz CT molecular complexity index is 462. The lowest BCUT2D eigenvalue weighted by Crippen LogP contribution is -2.44. The Hall–Kier alpha value is -1.46. The predicted octanol–water partition coefficient (Wildman–Crippen LogP) is 2.42. The summed E-state index contributed by atoms with van der Waals surface area (Å²) < 4.78 is 16.4. The summed E-state index contributed by atoms with van der Waals surface area (Å²) in [6.45, 7) is 7.47. The number of methoxy groups -OCH3 is 2. The fourth-order valence-corrected chi connectivity index (χ4v) is 3.43. The van der Waals surface area contributed by atoms with Crippen LogP contribution in [0.5, 0.6) is 17.2 Å². The van der Waals surface area contributed by atoms with Crippen molar-refractivity contribution in [1.29, 1.82) is 0 Å². The standard InChI is InChI=1S/C18H29NO4/c1-13-8-14(2)10-19(9-13)11-15(20)12-23-18-16(21-3)6-5-7-17(18)22-4/h5-7,13-15,20H,8-12H2,1-4H3/t13-,14-,15-/m0/s1. The van der Waals surface area contributed by atoms with Crippen LogP contribution in [0.1, 0.15) is 20.3 Å². The van der Waals surface area contributed by atoms with Crippen LogP contribution < -0.4 is 14.2 Å². The van der Waals surface area contributed by atoms with E-state index in [1.54, 1.807) is 14.2 Å². The molecule has 5 heteroatoms. The molecule has 3 atom stereocenters. The van der Waals surface area contributed by atoms with Gasteiger partial charge in [-0.2, -0.15) is 0 Å². The molecule has 0 spiro atoms. The van der Waals surface area contributed by atoms with Crippen LogP contribution in [0, 0.1) is 11.8 Å². The van der Waals surface area contributed by atoms with Gasteiger partial charge in [-0.1, -0.05) is 19.9 Å². The number of hydrogen-bond donors (Lipinski definition) is 1. The number of ether oxygens (including phenoxy) is 3. The van der Waals surface area contributed by atoms with E-state index >= 15 is 0 Å². The van der Waals surface area contributed by atoms with E-state index < -0.39 is 6.10 Å². The van der Waals surface area contributed by atoms with E-state index in [0.29, 0.717) is 35.6 Å². The third-order valence-electron chi connectivity index (χ3n) is 4.22. The Kier molecular flexibility index (Phi) is 6.54. The summed E-state index contributed by atoms with van der Waals surface area (Å²) in [7, 11) is 3.18. The van der Waals surface area contributed by atoms with Crippen LogP contribution in [-0.4, -0.2) is 56.6 Å². The first-order valence-corrected chi connectivity index (χ1v) is 8.27. The number of hydrogen-bond acceptors (Lipinski definition) is 5. The number of para-hydroxylation sites is 1. The average molecular weight is 323 g/mol. The minimum absolute atomic E-state index is 0.218.